The van der Waals surface area contributed by atoms with Gasteiger partial charge in [-0.25, -0.2) is 0 Å². The number of rotatable bonds is 7. The van der Waals surface area contributed by atoms with Crippen molar-refractivity contribution >= 4 is 0 Å². The van der Waals surface area contributed by atoms with Gasteiger partial charge in [-0.2, -0.15) is 0 Å². The van der Waals surface area contributed by atoms with Gasteiger partial charge < -0.3 is 0 Å². The molecule has 2 fully saturated rings. The van der Waals surface area contributed by atoms with E-state index in [4.69, 9.17) is 0 Å². The molecular weight excluding hydrogens is 312 g/mol. The predicted octanol–water partition coefficient (Wildman–Crippen LogP) is 8.52. The molecule has 2 aliphatic carbocycles. The van der Waals surface area contributed by atoms with Gasteiger partial charge in [0.2, 0.25) is 0 Å². The largest absolute Gasteiger partial charge is 0.0996 e. The van der Waals surface area contributed by atoms with Gasteiger partial charge in [-0.1, -0.05) is 73.5 Å². The van der Waals surface area contributed by atoms with Crippen LogP contribution in [0.3, 0.4) is 0 Å². The summed E-state index contributed by atoms with van der Waals surface area (Å²) in [5, 5.41) is 0. The van der Waals surface area contributed by atoms with Crippen LogP contribution in [0.5, 0.6) is 0 Å². The third-order valence-electron chi connectivity index (χ3n) is 9.44. The Morgan fingerprint density at radius 2 is 1.46 bits per heavy atom. The lowest BCUT2D eigenvalue weighted by atomic mass is 9.63. The standard InChI is InChI=1S/C26H48/c1-9-26(8,10-2)25-13-11-23(12-14-25)20(5)15-21(6)24-16-18(3)22(7)19(4)17-24/h18-19,21-25H,5,9-17H2,1-4,6-8H3. The highest BCUT2D eigenvalue weighted by Gasteiger charge is 2.36. The van der Waals surface area contributed by atoms with Crippen molar-refractivity contribution in [3.8, 4) is 0 Å². The van der Waals surface area contributed by atoms with Crippen LogP contribution in [0.1, 0.15) is 106 Å². The van der Waals surface area contributed by atoms with Crippen LogP contribution in [0.4, 0.5) is 0 Å². The highest BCUT2D eigenvalue weighted by molar-refractivity contribution is 5.05. The molecule has 0 saturated heterocycles. The molecule has 26 heavy (non-hydrogen) atoms. The Kier molecular flexibility index (Phi) is 7.87. The molecule has 0 bridgehead atoms. The van der Waals surface area contributed by atoms with E-state index >= 15 is 0 Å². The summed E-state index contributed by atoms with van der Waals surface area (Å²) in [6.07, 6.45) is 12.5. The highest BCUT2D eigenvalue weighted by atomic mass is 14.4. The molecule has 0 N–H and O–H groups in total. The molecule has 3 unspecified atom stereocenters. The molecule has 0 aromatic rings. The zero-order chi connectivity index (χ0) is 19.5. The Morgan fingerprint density at radius 1 is 0.962 bits per heavy atom. The maximum Gasteiger partial charge on any atom is -0.0206 e. The van der Waals surface area contributed by atoms with Gasteiger partial charge in [0.25, 0.3) is 0 Å². The fourth-order valence-electron chi connectivity index (χ4n) is 6.28. The molecule has 0 aromatic heterocycles. The molecule has 3 atom stereocenters. The summed E-state index contributed by atoms with van der Waals surface area (Å²) in [4.78, 5) is 0. The van der Waals surface area contributed by atoms with E-state index in [2.05, 4.69) is 55.0 Å². The van der Waals surface area contributed by atoms with Crippen molar-refractivity contribution in [2.75, 3.05) is 0 Å². The summed E-state index contributed by atoms with van der Waals surface area (Å²) in [7, 11) is 0. The van der Waals surface area contributed by atoms with E-state index in [9.17, 15) is 0 Å². The van der Waals surface area contributed by atoms with E-state index in [1.54, 1.807) is 5.57 Å². The first-order valence-corrected chi connectivity index (χ1v) is 11.9. The third kappa shape index (κ3) is 4.96. The van der Waals surface area contributed by atoms with Gasteiger partial charge in [-0.15, -0.1) is 0 Å². The van der Waals surface area contributed by atoms with Crippen molar-refractivity contribution in [2.24, 2.45) is 46.8 Å². The maximum absolute atomic E-state index is 4.59. The Morgan fingerprint density at radius 3 is 1.92 bits per heavy atom. The van der Waals surface area contributed by atoms with E-state index < -0.39 is 0 Å². The lowest BCUT2D eigenvalue weighted by molar-refractivity contribution is 0.101. The SMILES string of the molecule is C=C(CC(C)C1CC(C)C(C)C(C)C1)C1CCC(C(C)(CC)CC)CC1. The zero-order valence-electron chi connectivity index (χ0n) is 19.1. The number of hydrogen-bond acceptors (Lipinski definition) is 0. The molecule has 0 amide bonds. The summed E-state index contributed by atoms with van der Waals surface area (Å²) >= 11 is 0. The van der Waals surface area contributed by atoms with Gasteiger partial charge in [-0.3, -0.25) is 0 Å². The smallest absolute Gasteiger partial charge is 0.0206 e. The molecule has 2 rings (SSSR count). The van der Waals surface area contributed by atoms with Crippen molar-refractivity contribution in [3.05, 3.63) is 12.2 Å². The molecule has 0 aliphatic heterocycles. The molecule has 152 valence electrons. The first kappa shape index (κ1) is 22.0. The quantitative estimate of drug-likeness (QED) is 0.399. The third-order valence-corrected chi connectivity index (χ3v) is 9.44. The average Bonchev–Trinajstić information content (AvgIpc) is 2.65. The molecule has 2 saturated carbocycles. The normalized spacial score (nSPS) is 37.3. The van der Waals surface area contributed by atoms with Gasteiger partial charge in [0, 0.05) is 0 Å². The fourth-order valence-corrected chi connectivity index (χ4v) is 6.28. The summed E-state index contributed by atoms with van der Waals surface area (Å²) < 4.78 is 0. The van der Waals surface area contributed by atoms with E-state index in [-0.39, 0.29) is 0 Å². The summed E-state index contributed by atoms with van der Waals surface area (Å²) in [6, 6.07) is 0. The van der Waals surface area contributed by atoms with Gasteiger partial charge >= 0.3 is 0 Å². The predicted molar refractivity (Wildman–Crippen MR) is 117 cm³/mol. The summed E-state index contributed by atoms with van der Waals surface area (Å²) in [5.41, 5.74) is 2.16. The topological polar surface area (TPSA) is 0 Å². The second kappa shape index (κ2) is 9.29. The minimum Gasteiger partial charge on any atom is -0.0996 e. The second-order valence-corrected chi connectivity index (χ2v) is 10.8. The Hall–Kier alpha value is -0.260. The first-order valence-electron chi connectivity index (χ1n) is 11.9. The molecule has 0 radical (unpaired) electrons. The van der Waals surface area contributed by atoms with Crippen molar-refractivity contribution < 1.29 is 0 Å². The molecular formula is C26H48. The molecule has 2 aliphatic rings. The average molecular weight is 361 g/mol. The zero-order valence-corrected chi connectivity index (χ0v) is 19.1. The Labute approximate surface area is 165 Å². The fraction of sp³-hybridized carbons (Fsp3) is 0.923. The number of hydrogen-bond donors (Lipinski definition) is 0. The van der Waals surface area contributed by atoms with Gasteiger partial charge in [0.05, 0.1) is 0 Å². The minimum absolute atomic E-state index is 0.574. The first-order chi connectivity index (χ1) is 12.2. The minimum atomic E-state index is 0.574. The van der Waals surface area contributed by atoms with Crippen LogP contribution in [0.15, 0.2) is 12.2 Å². The monoisotopic (exact) mass is 360 g/mol. The van der Waals surface area contributed by atoms with Crippen molar-refractivity contribution in [1.82, 2.24) is 0 Å². The highest BCUT2D eigenvalue weighted by Crippen LogP contribution is 2.47. The summed E-state index contributed by atoms with van der Waals surface area (Å²) in [5.74, 6) is 6.21. The van der Waals surface area contributed by atoms with Crippen LogP contribution in [0.25, 0.3) is 0 Å². The molecule has 0 nitrogen and oxygen atoms in total. The van der Waals surface area contributed by atoms with Crippen LogP contribution in [0, 0.1) is 46.8 Å². The van der Waals surface area contributed by atoms with Crippen LogP contribution >= 0.6 is 0 Å². The van der Waals surface area contributed by atoms with E-state index in [0.717, 1.165) is 41.4 Å². The number of allylic oxidation sites excluding steroid dienone is 1. The Balaban J connectivity index is 1.83. The molecule has 0 aromatic carbocycles. The van der Waals surface area contributed by atoms with E-state index in [1.165, 1.54) is 57.8 Å². The van der Waals surface area contributed by atoms with Crippen molar-refractivity contribution in [3.63, 3.8) is 0 Å². The lowest BCUT2D eigenvalue weighted by Crippen LogP contribution is -2.32. The van der Waals surface area contributed by atoms with Crippen LogP contribution < -0.4 is 0 Å². The van der Waals surface area contributed by atoms with Crippen LogP contribution in [-0.2, 0) is 0 Å². The maximum atomic E-state index is 4.59. The van der Waals surface area contributed by atoms with Gasteiger partial charge in [0.1, 0.15) is 0 Å². The van der Waals surface area contributed by atoms with Crippen molar-refractivity contribution in [1.29, 1.82) is 0 Å². The van der Waals surface area contributed by atoms with Gasteiger partial charge in [0.15, 0.2) is 0 Å². The van der Waals surface area contributed by atoms with Crippen LogP contribution in [-0.4, -0.2) is 0 Å². The second-order valence-electron chi connectivity index (χ2n) is 10.8. The molecule has 0 heteroatoms. The van der Waals surface area contributed by atoms with Crippen LogP contribution in [0.2, 0.25) is 0 Å². The molecule has 0 spiro atoms. The van der Waals surface area contributed by atoms with Crippen molar-refractivity contribution in [2.45, 2.75) is 106 Å². The lowest BCUT2D eigenvalue weighted by Gasteiger charge is -2.42. The van der Waals surface area contributed by atoms with Gasteiger partial charge in [-0.05, 0) is 91.8 Å². The van der Waals surface area contributed by atoms with E-state index in [1.807, 2.05) is 0 Å². The van der Waals surface area contributed by atoms with E-state index in [0.29, 0.717) is 5.41 Å². The summed E-state index contributed by atoms with van der Waals surface area (Å²) in [6.45, 7) is 21.9. The Bertz CT molecular complexity index is 423. The molecule has 0 heterocycles.